The van der Waals surface area contributed by atoms with Crippen molar-refractivity contribution >= 4 is 15.9 Å². The highest BCUT2D eigenvalue weighted by Gasteiger charge is 2.29. The minimum Gasteiger partial charge on any atom is -0.350 e. The first-order chi connectivity index (χ1) is 9.38. The molecule has 1 aromatic heterocycles. The Labute approximate surface area is 119 Å². The van der Waals surface area contributed by atoms with Crippen molar-refractivity contribution in [3.05, 3.63) is 18.0 Å². The molecule has 8 heteroatoms. The molecule has 0 aromatic carbocycles. The summed E-state index contributed by atoms with van der Waals surface area (Å²) in [4.78, 5) is 12.1. The molecule has 0 aliphatic carbocycles. The Morgan fingerprint density at radius 3 is 2.90 bits per heavy atom. The maximum Gasteiger partial charge on any atom is 0.224 e. The molecule has 0 spiro atoms. The van der Waals surface area contributed by atoms with E-state index in [0.717, 1.165) is 18.5 Å². The number of sulfonamides is 1. The highest BCUT2D eigenvalue weighted by molar-refractivity contribution is 7.88. The summed E-state index contributed by atoms with van der Waals surface area (Å²) >= 11 is 0. The summed E-state index contributed by atoms with van der Waals surface area (Å²) in [6.07, 6.45) is 4.30. The van der Waals surface area contributed by atoms with Crippen LogP contribution in [0, 0.1) is 5.92 Å². The fourth-order valence-corrected chi connectivity index (χ4v) is 3.27. The molecular weight excluding hydrogens is 280 g/mol. The van der Waals surface area contributed by atoms with Crippen molar-refractivity contribution in [2.24, 2.45) is 13.0 Å². The summed E-state index contributed by atoms with van der Waals surface area (Å²) in [6, 6.07) is 1.84. The quantitative estimate of drug-likeness (QED) is 0.828. The Balaban J connectivity index is 1.91. The number of aryl methyl sites for hydroxylation is 1. The molecule has 20 heavy (non-hydrogen) atoms. The summed E-state index contributed by atoms with van der Waals surface area (Å²) in [5.41, 5.74) is 0.911. The van der Waals surface area contributed by atoms with Crippen LogP contribution in [0.15, 0.2) is 12.3 Å². The molecule has 2 rings (SSSR count). The largest absolute Gasteiger partial charge is 0.350 e. The number of amides is 1. The predicted molar refractivity (Wildman–Crippen MR) is 74.2 cm³/mol. The van der Waals surface area contributed by atoms with Gasteiger partial charge in [-0.3, -0.25) is 9.48 Å². The van der Waals surface area contributed by atoms with Crippen LogP contribution in [0.25, 0.3) is 0 Å². The van der Waals surface area contributed by atoms with Gasteiger partial charge in [0.15, 0.2) is 0 Å². The Morgan fingerprint density at radius 1 is 1.55 bits per heavy atom. The van der Waals surface area contributed by atoms with E-state index in [1.54, 1.807) is 10.9 Å². The maximum atomic E-state index is 12.1. The number of rotatable bonds is 4. The van der Waals surface area contributed by atoms with E-state index in [1.807, 2.05) is 13.1 Å². The molecule has 0 radical (unpaired) electrons. The van der Waals surface area contributed by atoms with E-state index in [2.05, 4.69) is 10.4 Å². The first-order valence-electron chi connectivity index (χ1n) is 6.57. The Kier molecular flexibility index (Phi) is 4.44. The highest BCUT2D eigenvalue weighted by Crippen LogP contribution is 2.18. The van der Waals surface area contributed by atoms with Crippen LogP contribution in [-0.2, 0) is 28.4 Å². The third-order valence-electron chi connectivity index (χ3n) is 3.59. The van der Waals surface area contributed by atoms with Gasteiger partial charge in [0.2, 0.25) is 15.9 Å². The van der Waals surface area contributed by atoms with Gasteiger partial charge >= 0.3 is 0 Å². The molecule has 1 amide bonds. The van der Waals surface area contributed by atoms with Crippen molar-refractivity contribution in [1.29, 1.82) is 0 Å². The van der Waals surface area contributed by atoms with Crippen molar-refractivity contribution < 1.29 is 13.2 Å². The third-order valence-corrected chi connectivity index (χ3v) is 4.86. The topological polar surface area (TPSA) is 84.3 Å². The molecule has 1 aromatic rings. The number of hydrogen-bond donors (Lipinski definition) is 1. The number of carbonyl (C=O) groups is 1. The van der Waals surface area contributed by atoms with Gasteiger partial charge in [-0.2, -0.15) is 5.10 Å². The molecule has 1 aliphatic rings. The lowest BCUT2D eigenvalue weighted by Crippen LogP contribution is -2.45. The summed E-state index contributed by atoms with van der Waals surface area (Å²) in [7, 11) is -1.40. The first kappa shape index (κ1) is 15.0. The summed E-state index contributed by atoms with van der Waals surface area (Å²) < 4.78 is 26.1. The Morgan fingerprint density at radius 2 is 2.30 bits per heavy atom. The second kappa shape index (κ2) is 5.92. The monoisotopic (exact) mass is 300 g/mol. The van der Waals surface area contributed by atoms with E-state index in [4.69, 9.17) is 0 Å². The number of hydrogen-bond acceptors (Lipinski definition) is 4. The molecule has 7 nitrogen and oxygen atoms in total. The number of piperidine rings is 1. The second-order valence-electron chi connectivity index (χ2n) is 5.12. The van der Waals surface area contributed by atoms with Crippen LogP contribution < -0.4 is 5.32 Å². The molecule has 1 N–H and O–H groups in total. The molecule has 1 atom stereocenters. The van der Waals surface area contributed by atoms with Crippen molar-refractivity contribution in [1.82, 2.24) is 19.4 Å². The standard InChI is InChI=1S/C12H20N4O3S/c1-15-11(5-6-14-15)8-13-12(17)10-4-3-7-16(9-10)20(2,18)19/h5-6,10H,3-4,7-9H2,1-2H3,(H,13,17)/t10-/m1/s1. The molecule has 2 heterocycles. The minimum atomic E-state index is -3.22. The van der Waals surface area contributed by atoms with Crippen LogP contribution >= 0.6 is 0 Å². The van der Waals surface area contributed by atoms with Crippen LogP contribution in [0.1, 0.15) is 18.5 Å². The number of nitrogens with one attached hydrogen (secondary N) is 1. The van der Waals surface area contributed by atoms with Crippen LogP contribution in [0.5, 0.6) is 0 Å². The number of carbonyl (C=O) groups excluding carboxylic acids is 1. The molecule has 0 saturated carbocycles. The van der Waals surface area contributed by atoms with Gasteiger partial charge in [0.05, 0.1) is 24.4 Å². The fourth-order valence-electron chi connectivity index (χ4n) is 2.35. The average molecular weight is 300 g/mol. The summed E-state index contributed by atoms with van der Waals surface area (Å²) in [5.74, 6) is -0.369. The van der Waals surface area contributed by atoms with E-state index < -0.39 is 10.0 Å². The molecule has 1 aliphatic heterocycles. The lowest BCUT2D eigenvalue weighted by molar-refractivity contribution is -0.126. The molecular formula is C12H20N4O3S. The van der Waals surface area contributed by atoms with Crippen molar-refractivity contribution in [2.75, 3.05) is 19.3 Å². The number of nitrogens with zero attached hydrogens (tertiary/aromatic N) is 3. The zero-order valence-electron chi connectivity index (χ0n) is 11.7. The van der Waals surface area contributed by atoms with Crippen LogP contribution in [0.4, 0.5) is 0 Å². The van der Waals surface area contributed by atoms with E-state index in [0.29, 0.717) is 13.1 Å². The molecule has 0 unspecified atom stereocenters. The van der Waals surface area contributed by atoms with Crippen molar-refractivity contribution in [3.63, 3.8) is 0 Å². The van der Waals surface area contributed by atoms with E-state index in [1.165, 1.54) is 10.6 Å². The van der Waals surface area contributed by atoms with Crippen LogP contribution in [0.3, 0.4) is 0 Å². The lowest BCUT2D eigenvalue weighted by atomic mass is 9.99. The molecule has 0 bridgehead atoms. The van der Waals surface area contributed by atoms with E-state index in [9.17, 15) is 13.2 Å². The van der Waals surface area contributed by atoms with Gasteiger partial charge in [-0.05, 0) is 18.9 Å². The maximum absolute atomic E-state index is 12.1. The normalized spacial score (nSPS) is 20.8. The third kappa shape index (κ3) is 3.57. The Hall–Kier alpha value is -1.41. The summed E-state index contributed by atoms with van der Waals surface area (Å²) in [6.45, 7) is 1.19. The average Bonchev–Trinajstić information content (AvgIpc) is 2.81. The van der Waals surface area contributed by atoms with E-state index in [-0.39, 0.29) is 18.4 Å². The van der Waals surface area contributed by atoms with Crippen molar-refractivity contribution in [2.45, 2.75) is 19.4 Å². The van der Waals surface area contributed by atoms with Gasteiger partial charge in [0.25, 0.3) is 0 Å². The van der Waals surface area contributed by atoms with Gasteiger partial charge in [0.1, 0.15) is 0 Å². The summed E-state index contributed by atoms with van der Waals surface area (Å²) in [5, 5.41) is 6.88. The highest BCUT2D eigenvalue weighted by atomic mass is 32.2. The second-order valence-corrected chi connectivity index (χ2v) is 7.11. The number of aromatic nitrogens is 2. The van der Waals surface area contributed by atoms with Crippen LogP contribution in [-0.4, -0.2) is 47.8 Å². The van der Waals surface area contributed by atoms with Gasteiger partial charge in [-0.1, -0.05) is 0 Å². The fraction of sp³-hybridized carbons (Fsp3) is 0.667. The minimum absolute atomic E-state index is 0.0976. The predicted octanol–water partition coefficient (Wildman–Crippen LogP) is -0.292. The lowest BCUT2D eigenvalue weighted by Gasteiger charge is -2.30. The SMILES string of the molecule is Cn1nccc1CNC(=O)[C@@H]1CCCN(S(C)(=O)=O)C1. The zero-order valence-corrected chi connectivity index (χ0v) is 12.6. The molecule has 112 valence electrons. The van der Waals surface area contributed by atoms with Gasteiger partial charge < -0.3 is 5.32 Å². The van der Waals surface area contributed by atoms with Gasteiger partial charge in [0, 0.05) is 26.3 Å². The van der Waals surface area contributed by atoms with Gasteiger partial charge in [-0.15, -0.1) is 0 Å². The Bertz CT molecular complexity index is 581. The van der Waals surface area contributed by atoms with Crippen LogP contribution in [0.2, 0.25) is 0 Å². The van der Waals surface area contributed by atoms with Gasteiger partial charge in [-0.25, -0.2) is 12.7 Å². The first-order valence-corrected chi connectivity index (χ1v) is 8.42. The van der Waals surface area contributed by atoms with Crippen molar-refractivity contribution in [3.8, 4) is 0 Å². The zero-order chi connectivity index (χ0) is 14.8. The molecule has 1 saturated heterocycles. The smallest absolute Gasteiger partial charge is 0.224 e. The van der Waals surface area contributed by atoms with E-state index >= 15 is 0 Å². The molecule has 1 fully saturated rings.